The van der Waals surface area contributed by atoms with Crippen LogP contribution in [0.1, 0.15) is 25.7 Å². The summed E-state index contributed by atoms with van der Waals surface area (Å²) in [7, 11) is 0. The summed E-state index contributed by atoms with van der Waals surface area (Å²) in [5, 5.41) is 6.39. The fourth-order valence-electron chi connectivity index (χ4n) is 2.21. The van der Waals surface area contributed by atoms with E-state index in [1.165, 1.54) is 19.3 Å². The van der Waals surface area contributed by atoms with Crippen LogP contribution in [0, 0.1) is 11.8 Å². The highest BCUT2D eigenvalue weighted by molar-refractivity contribution is 5.82. The first kappa shape index (κ1) is 7.80. The third-order valence-electron chi connectivity index (χ3n) is 3.45. The van der Waals surface area contributed by atoms with Gasteiger partial charge in [-0.15, -0.1) is 0 Å². The molecule has 3 heteroatoms. The van der Waals surface area contributed by atoms with Crippen LogP contribution in [-0.4, -0.2) is 24.5 Å². The van der Waals surface area contributed by atoms with E-state index in [4.69, 9.17) is 0 Å². The van der Waals surface area contributed by atoms with Crippen LogP contribution >= 0.6 is 0 Å². The van der Waals surface area contributed by atoms with E-state index in [1.54, 1.807) is 0 Å². The standard InChI is InChI=1S/C10H16N2O/c13-10(11-5-6-1-2-6)9-4-7-3-8(7)12-9/h6-9,12H,1-5H2,(H,11,13)/t7-,8-,9-/m0/s1. The zero-order valence-corrected chi connectivity index (χ0v) is 7.75. The lowest BCUT2D eigenvalue weighted by Crippen LogP contribution is -2.42. The zero-order chi connectivity index (χ0) is 8.84. The molecule has 0 aromatic heterocycles. The Hall–Kier alpha value is -0.570. The molecule has 3 rings (SSSR count). The average molecular weight is 180 g/mol. The number of nitrogens with one attached hydrogen (secondary N) is 2. The van der Waals surface area contributed by atoms with Crippen molar-refractivity contribution in [1.29, 1.82) is 0 Å². The summed E-state index contributed by atoms with van der Waals surface area (Å²) in [5.41, 5.74) is 0. The molecule has 0 aromatic rings. The normalized spacial score (nSPS) is 41.4. The van der Waals surface area contributed by atoms with E-state index in [1.807, 2.05) is 0 Å². The van der Waals surface area contributed by atoms with Gasteiger partial charge in [0.15, 0.2) is 0 Å². The maximum atomic E-state index is 11.6. The van der Waals surface area contributed by atoms with Crippen molar-refractivity contribution in [2.24, 2.45) is 11.8 Å². The Labute approximate surface area is 78.3 Å². The molecule has 3 nitrogen and oxygen atoms in total. The van der Waals surface area contributed by atoms with Crippen molar-refractivity contribution in [2.45, 2.75) is 37.8 Å². The van der Waals surface area contributed by atoms with E-state index in [2.05, 4.69) is 10.6 Å². The molecule has 0 aromatic carbocycles. The second-order valence-electron chi connectivity index (χ2n) is 4.75. The Kier molecular flexibility index (Phi) is 1.62. The largest absolute Gasteiger partial charge is 0.354 e. The molecule has 1 saturated heterocycles. The summed E-state index contributed by atoms with van der Waals surface area (Å²) in [5.74, 6) is 1.84. The average Bonchev–Trinajstić information content (AvgIpc) is 3.04. The number of piperidine rings is 1. The Balaban J connectivity index is 1.45. The highest BCUT2D eigenvalue weighted by Crippen LogP contribution is 2.40. The Bertz CT molecular complexity index is 227. The lowest BCUT2D eigenvalue weighted by atomic mass is 10.1. The number of carbonyl (C=O) groups excluding carboxylic acids is 1. The van der Waals surface area contributed by atoms with Crippen molar-refractivity contribution < 1.29 is 4.79 Å². The van der Waals surface area contributed by atoms with Crippen LogP contribution in [0.4, 0.5) is 0 Å². The van der Waals surface area contributed by atoms with Gasteiger partial charge in [-0.1, -0.05) is 0 Å². The molecule has 0 unspecified atom stereocenters. The minimum atomic E-state index is 0.127. The minimum absolute atomic E-state index is 0.127. The van der Waals surface area contributed by atoms with Crippen LogP contribution in [0.15, 0.2) is 0 Å². The molecule has 2 aliphatic carbocycles. The fraction of sp³-hybridized carbons (Fsp3) is 0.900. The van der Waals surface area contributed by atoms with Gasteiger partial charge in [-0.25, -0.2) is 0 Å². The number of carbonyl (C=O) groups is 1. The van der Waals surface area contributed by atoms with Crippen molar-refractivity contribution in [1.82, 2.24) is 10.6 Å². The maximum absolute atomic E-state index is 11.6. The number of fused-ring (bicyclic) bond motifs is 1. The van der Waals surface area contributed by atoms with Crippen LogP contribution in [0.25, 0.3) is 0 Å². The van der Waals surface area contributed by atoms with Gasteiger partial charge in [0.25, 0.3) is 0 Å². The van der Waals surface area contributed by atoms with Crippen molar-refractivity contribution in [3.05, 3.63) is 0 Å². The van der Waals surface area contributed by atoms with Crippen molar-refractivity contribution >= 4 is 5.91 Å². The quantitative estimate of drug-likeness (QED) is 0.654. The van der Waals surface area contributed by atoms with E-state index < -0.39 is 0 Å². The summed E-state index contributed by atoms with van der Waals surface area (Å²) in [6.45, 7) is 0.909. The first-order valence-electron chi connectivity index (χ1n) is 5.36. The molecule has 2 saturated carbocycles. The van der Waals surface area contributed by atoms with Crippen LogP contribution in [-0.2, 0) is 4.79 Å². The monoisotopic (exact) mass is 180 g/mol. The van der Waals surface area contributed by atoms with Gasteiger partial charge in [0.05, 0.1) is 6.04 Å². The molecule has 0 bridgehead atoms. The summed E-state index contributed by atoms with van der Waals surface area (Å²) < 4.78 is 0. The van der Waals surface area contributed by atoms with Gasteiger partial charge < -0.3 is 10.6 Å². The molecule has 2 N–H and O–H groups in total. The van der Waals surface area contributed by atoms with Gasteiger partial charge in [-0.2, -0.15) is 0 Å². The van der Waals surface area contributed by atoms with Gasteiger partial charge in [-0.3, -0.25) is 4.79 Å². The molecular weight excluding hydrogens is 164 g/mol. The molecule has 13 heavy (non-hydrogen) atoms. The second-order valence-corrected chi connectivity index (χ2v) is 4.75. The molecule has 1 aliphatic heterocycles. The Morgan fingerprint density at radius 2 is 2.23 bits per heavy atom. The molecule has 0 spiro atoms. The number of rotatable bonds is 3. The third kappa shape index (κ3) is 1.57. The number of amides is 1. The Morgan fingerprint density at radius 3 is 2.85 bits per heavy atom. The van der Waals surface area contributed by atoms with Gasteiger partial charge in [0.1, 0.15) is 0 Å². The molecule has 1 heterocycles. The van der Waals surface area contributed by atoms with E-state index in [-0.39, 0.29) is 11.9 Å². The first-order chi connectivity index (χ1) is 6.33. The van der Waals surface area contributed by atoms with Crippen molar-refractivity contribution in [3.63, 3.8) is 0 Å². The molecule has 1 amide bonds. The number of hydrogen-bond donors (Lipinski definition) is 2. The second kappa shape index (κ2) is 2.71. The van der Waals surface area contributed by atoms with Crippen LogP contribution in [0.2, 0.25) is 0 Å². The highest BCUT2D eigenvalue weighted by atomic mass is 16.2. The van der Waals surface area contributed by atoms with Crippen LogP contribution in [0.3, 0.4) is 0 Å². The molecular formula is C10H16N2O. The van der Waals surface area contributed by atoms with E-state index in [9.17, 15) is 4.79 Å². The summed E-state index contributed by atoms with van der Waals surface area (Å²) in [6, 6.07) is 0.805. The van der Waals surface area contributed by atoms with Gasteiger partial charge in [-0.05, 0) is 37.5 Å². The predicted molar refractivity (Wildman–Crippen MR) is 49.2 cm³/mol. The van der Waals surface area contributed by atoms with Crippen molar-refractivity contribution in [2.75, 3.05) is 6.54 Å². The zero-order valence-electron chi connectivity index (χ0n) is 7.75. The number of hydrogen-bond acceptors (Lipinski definition) is 2. The highest BCUT2D eigenvalue weighted by Gasteiger charge is 2.47. The van der Waals surface area contributed by atoms with E-state index in [0.29, 0.717) is 6.04 Å². The van der Waals surface area contributed by atoms with E-state index >= 15 is 0 Å². The summed E-state index contributed by atoms with van der Waals surface area (Å²) >= 11 is 0. The topological polar surface area (TPSA) is 41.1 Å². The van der Waals surface area contributed by atoms with E-state index in [0.717, 1.165) is 24.8 Å². The SMILES string of the molecule is O=C(NCC1CC1)[C@@H]1C[C@@H]2C[C@@H]2N1. The molecule has 3 aliphatic rings. The molecule has 3 fully saturated rings. The lowest BCUT2D eigenvalue weighted by Gasteiger charge is -2.12. The summed E-state index contributed by atoms with van der Waals surface area (Å²) in [4.78, 5) is 11.6. The fourth-order valence-corrected chi connectivity index (χ4v) is 2.21. The molecule has 72 valence electrons. The molecule has 0 radical (unpaired) electrons. The first-order valence-corrected chi connectivity index (χ1v) is 5.36. The minimum Gasteiger partial charge on any atom is -0.354 e. The predicted octanol–water partition coefficient (Wildman–Crippen LogP) is 0.263. The lowest BCUT2D eigenvalue weighted by molar-refractivity contribution is -0.123. The smallest absolute Gasteiger partial charge is 0.237 e. The van der Waals surface area contributed by atoms with Crippen LogP contribution < -0.4 is 10.6 Å². The van der Waals surface area contributed by atoms with Crippen LogP contribution in [0.5, 0.6) is 0 Å². The van der Waals surface area contributed by atoms with Gasteiger partial charge >= 0.3 is 0 Å². The van der Waals surface area contributed by atoms with Crippen molar-refractivity contribution in [3.8, 4) is 0 Å². The Morgan fingerprint density at radius 1 is 1.38 bits per heavy atom. The third-order valence-corrected chi connectivity index (χ3v) is 3.45. The molecule has 3 atom stereocenters. The van der Waals surface area contributed by atoms with Gasteiger partial charge in [0, 0.05) is 12.6 Å². The summed E-state index contributed by atoms with van der Waals surface area (Å²) in [6.07, 6.45) is 4.99. The van der Waals surface area contributed by atoms with Gasteiger partial charge in [0.2, 0.25) is 5.91 Å². The maximum Gasteiger partial charge on any atom is 0.237 e.